The van der Waals surface area contributed by atoms with E-state index in [1.165, 1.54) is 17.1 Å². The van der Waals surface area contributed by atoms with Crippen molar-refractivity contribution in [1.29, 1.82) is 0 Å². The highest BCUT2D eigenvalue weighted by Gasteiger charge is 2.15. The van der Waals surface area contributed by atoms with Crippen molar-refractivity contribution in [3.8, 4) is 5.69 Å². The summed E-state index contributed by atoms with van der Waals surface area (Å²) in [6, 6.07) is 6.47. The minimum atomic E-state index is -0.354. The van der Waals surface area contributed by atoms with Crippen molar-refractivity contribution in [3.05, 3.63) is 59.6 Å². The van der Waals surface area contributed by atoms with Gasteiger partial charge in [0.05, 0.1) is 17.3 Å². The van der Waals surface area contributed by atoms with Crippen LogP contribution in [0.3, 0.4) is 0 Å². The lowest BCUT2D eigenvalue weighted by Crippen LogP contribution is -2.05. The molecule has 3 heterocycles. The fourth-order valence-corrected chi connectivity index (χ4v) is 3.03. The quantitative estimate of drug-likeness (QED) is 0.612. The first kappa shape index (κ1) is 16.2. The summed E-state index contributed by atoms with van der Waals surface area (Å²) < 4.78 is 17.5. The van der Waals surface area contributed by atoms with Gasteiger partial charge in [0, 0.05) is 24.8 Å². The number of aryl methyl sites for hydroxylation is 2. The molecule has 0 atom stereocenters. The molecule has 3 aromatic heterocycles. The number of para-hydroxylation sites is 1. The van der Waals surface area contributed by atoms with Crippen molar-refractivity contribution in [1.82, 2.24) is 29.5 Å². The molecular weight excluding hydrogens is 333 g/mol. The van der Waals surface area contributed by atoms with Crippen molar-refractivity contribution >= 4 is 16.9 Å². The van der Waals surface area contributed by atoms with Gasteiger partial charge in [-0.1, -0.05) is 12.1 Å². The van der Waals surface area contributed by atoms with E-state index in [0.29, 0.717) is 23.7 Å². The third-order valence-corrected chi connectivity index (χ3v) is 4.54. The summed E-state index contributed by atoms with van der Waals surface area (Å²) in [5.74, 6) is 0.299. The van der Waals surface area contributed by atoms with Gasteiger partial charge in [-0.05, 0) is 26.0 Å². The molecule has 0 aliphatic rings. The van der Waals surface area contributed by atoms with Crippen LogP contribution in [-0.2, 0) is 13.6 Å². The van der Waals surface area contributed by atoms with Gasteiger partial charge in [-0.15, -0.1) is 0 Å². The Morgan fingerprint density at radius 3 is 2.69 bits per heavy atom. The van der Waals surface area contributed by atoms with Gasteiger partial charge < -0.3 is 5.32 Å². The zero-order valence-corrected chi connectivity index (χ0v) is 14.7. The van der Waals surface area contributed by atoms with Crippen molar-refractivity contribution in [2.45, 2.75) is 20.4 Å². The van der Waals surface area contributed by atoms with E-state index in [0.717, 1.165) is 22.3 Å². The SMILES string of the molecule is Cc1nn(C)c(C)c1CNc1ncnc2c1cnn2-c1ccccc1F. The predicted octanol–water partition coefficient (Wildman–Crippen LogP) is 2.92. The van der Waals surface area contributed by atoms with Crippen LogP contribution in [0, 0.1) is 19.7 Å². The standard InChI is InChI=1S/C18H18FN7/c1-11-13(12(2)25(3)24-11)8-20-17-14-9-23-26(18(14)22-10-21-17)16-7-5-4-6-15(16)19/h4-7,9-10H,8H2,1-3H3,(H,20,21,22). The minimum Gasteiger partial charge on any atom is -0.365 e. The summed E-state index contributed by atoms with van der Waals surface area (Å²) >= 11 is 0. The molecule has 0 saturated carbocycles. The van der Waals surface area contributed by atoms with Crippen LogP contribution in [-0.4, -0.2) is 29.5 Å². The van der Waals surface area contributed by atoms with Crippen LogP contribution in [0.5, 0.6) is 0 Å². The van der Waals surface area contributed by atoms with Gasteiger partial charge in [0.15, 0.2) is 5.65 Å². The minimum absolute atomic E-state index is 0.353. The van der Waals surface area contributed by atoms with Gasteiger partial charge in [0.25, 0.3) is 0 Å². The highest BCUT2D eigenvalue weighted by atomic mass is 19.1. The average molecular weight is 351 g/mol. The van der Waals surface area contributed by atoms with E-state index in [1.54, 1.807) is 24.4 Å². The molecule has 0 amide bonds. The summed E-state index contributed by atoms with van der Waals surface area (Å²) in [4.78, 5) is 8.60. The molecule has 0 saturated heterocycles. The molecule has 4 aromatic rings. The predicted molar refractivity (Wildman–Crippen MR) is 96.6 cm³/mol. The Morgan fingerprint density at radius 1 is 1.15 bits per heavy atom. The van der Waals surface area contributed by atoms with Crippen molar-refractivity contribution in [2.24, 2.45) is 7.05 Å². The average Bonchev–Trinajstić information content (AvgIpc) is 3.16. The van der Waals surface area contributed by atoms with Crippen LogP contribution in [0.25, 0.3) is 16.7 Å². The molecule has 0 unspecified atom stereocenters. The number of rotatable bonds is 4. The summed E-state index contributed by atoms with van der Waals surface area (Å²) in [6.45, 7) is 4.60. The van der Waals surface area contributed by atoms with Crippen molar-refractivity contribution < 1.29 is 4.39 Å². The van der Waals surface area contributed by atoms with E-state index in [-0.39, 0.29) is 5.82 Å². The van der Waals surface area contributed by atoms with Crippen LogP contribution in [0.4, 0.5) is 10.2 Å². The number of hydrogen-bond acceptors (Lipinski definition) is 5. The number of anilines is 1. The monoisotopic (exact) mass is 351 g/mol. The number of benzene rings is 1. The second kappa shape index (κ2) is 6.21. The molecule has 0 aliphatic carbocycles. The number of fused-ring (bicyclic) bond motifs is 1. The normalized spacial score (nSPS) is 11.2. The van der Waals surface area contributed by atoms with Crippen LogP contribution in [0.1, 0.15) is 17.0 Å². The number of nitrogens with zero attached hydrogens (tertiary/aromatic N) is 6. The molecule has 0 radical (unpaired) electrons. The zero-order chi connectivity index (χ0) is 18.3. The summed E-state index contributed by atoms with van der Waals surface area (Å²) in [6.07, 6.45) is 3.10. The highest BCUT2D eigenvalue weighted by molar-refractivity contribution is 5.87. The van der Waals surface area contributed by atoms with E-state index in [2.05, 4.69) is 25.5 Å². The van der Waals surface area contributed by atoms with Gasteiger partial charge in [-0.2, -0.15) is 10.2 Å². The topological polar surface area (TPSA) is 73.5 Å². The van der Waals surface area contributed by atoms with E-state index in [4.69, 9.17) is 0 Å². The van der Waals surface area contributed by atoms with Crippen LogP contribution >= 0.6 is 0 Å². The molecule has 1 aromatic carbocycles. The molecule has 0 aliphatic heterocycles. The third-order valence-electron chi connectivity index (χ3n) is 4.54. The number of nitrogens with one attached hydrogen (secondary N) is 1. The summed E-state index contributed by atoms with van der Waals surface area (Å²) in [5, 5.41) is 12.8. The molecule has 0 bridgehead atoms. The fourth-order valence-electron chi connectivity index (χ4n) is 3.03. The third kappa shape index (κ3) is 2.59. The van der Waals surface area contributed by atoms with Crippen LogP contribution < -0.4 is 5.32 Å². The maximum Gasteiger partial charge on any atom is 0.168 e. The van der Waals surface area contributed by atoms with Gasteiger partial charge in [-0.25, -0.2) is 19.0 Å². The Morgan fingerprint density at radius 2 is 1.96 bits per heavy atom. The summed E-state index contributed by atoms with van der Waals surface area (Å²) in [7, 11) is 1.92. The second-order valence-corrected chi connectivity index (χ2v) is 6.09. The molecule has 0 fully saturated rings. The van der Waals surface area contributed by atoms with E-state index < -0.39 is 0 Å². The molecule has 8 heteroatoms. The molecular formula is C18H18FN7. The Bertz CT molecular complexity index is 1100. The first-order chi connectivity index (χ1) is 12.6. The molecule has 4 rings (SSSR count). The van der Waals surface area contributed by atoms with Crippen LogP contribution in [0.2, 0.25) is 0 Å². The Hall–Kier alpha value is -3.29. The number of halogens is 1. The lowest BCUT2D eigenvalue weighted by atomic mass is 10.2. The number of aromatic nitrogens is 6. The van der Waals surface area contributed by atoms with Crippen LogP contribution in [0.15, 0.2) is 36.8 Å². The Labute approximate surface area is 149 Å². The molecule has 132 valence electrons. The first-order valence-electron chi connectivity index (χ1n) is 8.23. The fraction of sp³-hybridized carbons (Fsp3) is 0.222. The van der Waals surface area contributed by atoms with Gasteiger partial charge in [0.2, 0.25) is 0 Å². The summed E-state index contributed by atoms with van der Waals surface area (Å²) in [5.41, 5.74) is 4.10. The highest BCUT2D eigenvalue weighted by Crippen LogP contribution is 2.24. The molecule has 26 heavy (non-hydrogen) atoms. The van der Waals surface area contributed by atoms with E-state index >= 15 is 0 Å². The molecule has 1 N–H and O–H groups in total. The lowest BCUT2D eigenvalue weighted by molar-refractivity contribution is 0.612. The zero-order valence-electron chi connectivity index (χ0n) is 14.7. The Balaban J connectivity index is 1.70. The van der Waals surface area contributed by atoms with Gasteiger partial charge in [0.1, 0.15) is 23.6 Å². The molecule has 0 spiro atoms. The number of hydrogen-bond donors (Lipinski definition) is 1. The Kier molecular flexibility index (Phi) is 3.87. The molecule has 7 nitrogen and oxygen atoms in total. The van der Waals surface area contributed by atoms with Crippen molar-refractivity contribution in [3.63, 3.8) is 0 Å². The van der Waals surface area contributed by atoms with E-state index in [1.807, 2.05) is 25.6 Å². The largest absolute Gasteiger partial charge is 0.365 e. The lowest BCUT2D eigenvalue weighted by Gasteiger charge is -2.08. The maximum absolute atomic E-state index is 14.1. The first-order valence-corrected chi connectivity index (χ1v) is 8.23. The van der Waals surface area contributed by atoms with Crippen molar-refractivity contribution in [2.75, 3.05) is 5.32 Å². The van der Waals surface area contributed by atoms with Gasteiger partial charge in [-0.3, -0.25) is 4.68 Å². The maximum atomic E-state index is 14.1. The smallest absolute Gasteiger partial charge is 0.168 e. The second-order valence-electron chi connectivity index (χ2n) is 6.09. The van der Waals surface area contributed by atoms with Gasteiger partial charge >= 0.3 is 0 Å². The van der Waals surface area contributed by atoms with E-state index in [9.17, 15) is 4.39 Å².